The van der Waals surface area contributed by atoms with Crippen LogP contribution < -0.4 is 4.74 Å². The van der Waals surface area contributed by atoms with Crippen LogP contribution in [0.15, 0.2) is 54.6 Å². The number of hydrogen-bond acceptors (Lipinski definition) is 3. The molecule has 2 aromatic rings. The maximum Gasteiger partial charge on any atom is 0.310 e. The Kier molecular flexibility index (Phi) is 6.34. The molecule has 2 aromatic carbocycles. The summed E-state index contributed by atoms with van der Waals surface area (Å²) in [4.78, 5) is 26.4. The molecule has 1 fully saturated rings. The predicted octanol–water partition coefficient (Wildman–Crippen LogP) is 3.56. The van der Waals surface area contributed by atoms with E-state index in [1.54, 1.807) is 7.11 Å². The number of rotatable bonds is 7. The summed E-state index contributed by atoms with van der Waals surface area (Å²) in [5.74, 6) is 0.130. The summed E-state index contributed by atoms with van der Waals surface area (Å²) in [6, 6.07) is 17.5. The first-order valence-corrected chi connectivity index (χ1v) is 9.70. The molecule has 0 atom stereocenters. The van der Waals surface area contributed by atoms with Gasteiger partial charge in [0.05, 0.1) is 12.5 Å². The Morgan fingerprint density at radius 2 is 1.64 bits per heavy atom. The van der Waals surface area contributed by atoms with Gasteiger partial charge in [0.1, 0.15) is 5.75 Å². The maximum atomic E-state index is 12.6. The molecule has 1 amide bonds. The first-order chi connectivity index (χ1) is 13.5. The number of nitrogens with zero attached hydrogens (tertiary/aromatic N) is 1. The number of hydrogen-bond donors (Lipinski definition) is 1. The number of benzene rings is 2. The fourth-order valence-electron chi connectivity index (χ4n) is 3.84. The van der Waals surface area contributed by atoms with Crippen LogP contribution in [0.1, 0.15) is 30.4 Å². The summed E-state index contributed by atoms with van der Waals surface area (Å²) in [7, 11) is 1.63. The van der Waals surface area contributed by atoms with Crippen LogP contribution in [0.4, 0.5) is 0 Å². The van der Waals surface area contributed by atoms with E-state index in [0.29, 0.717) is 45.2 Å². The Morgan fingerprint density at radius 3 is 2.21 bits per heavy atom. The van der Waals surface area contributed by atoms with E-state index in [4.69, 9.17) is 4.74 Å². The summed E-state index contributed by atoms with van der Waals surface area (Å²) in [5, 5.41) is 9.86. The standard InChI is InChI=1S/C23H27NO4/c1-28-20-10-7-18(8-11-20)9-12-21(25)24-15-13-23(14-16-24,22(26)27)17-19-5-3-2-4-6-19/h2-8,10-11H,9,12-17H2,1H3,(H,26,27). The summed E-state index contributed by atoms with van der Waals surface area (Å²) in [5.41, 5.74) is 1.34. The zero-order valence-corrected chi connectivity index (χ0v) is 16.3. The zero-order valence-electron chi connectivity index (χ0n) is 16.3. The molecular formula is C23H27NO4. The highest BCUT2D eigenvalue weighted by Gasteiger charge is 2.42. The zero-order chi connectivity index (χ0) is 20.0. The van der Waals surface area contributed by atoms with E-state index in [1.807, 2.05) is 59.5 Å². The molecule has 1 saturated heterocycles. The third-order valence-electron chi connectivity index (χ3n) is 5.70. The van der Waals surface area contributed by atoms with Crippen molar-refractivity contribution in [3.8, 4) is 5.75 Å². The van der Waals surface area contributed by atoms with Crippen molar-refractivity contribution >= 4 is 11.9 Å². The van der Waals surface area contributed by atoms with E-state index in [1.165, 1.54) is 0 Å². The molecule has 3 rings (SSSR count). The van der Waals surface area contributed by atoms with Crippen LogP contribution >= 0.6 is 0 Å². The van der Waals surface area contributed by atoms with Gasteiger partial charge in [0.2, 0.25) is 5.91 Å². The fraction of sp³-hybridized carbons (Fsp3) is 0.391. The molecule has 28 heavy (non-hydrogen) atoms. The largest absolute Gasteiger partial charge is 0.497 e. The fourth-order valence-corrected chi connectivity index (χ4v) is 3.84. The van der Waals surface area contributed by atoms with Gasteiger partial charge >= 0.3 is 5.97 Å². The molecule has 1 heterocycles. The highest BCUT2D eigenvalue weighted by Crippen LogP contribution is 2.36. The molecule has 148 valence electrons. The van der Waals surface area contributed by atoms with Crippen molar-refractivity contribution in [2.75, 3.05) is 20.2 Å². The predicted molar refractivity (Wildman–Crippen MR) is 107 cm³/mol. The molecule has 1 aliphatic heterocycles. The molecule has 1 N–H and O–H groups in total. The van der Waals surface area contributed by atoms with E-state index < -0.39 is 11.4 Å². The third-order valence-corrected chi connectivity index (χ3v) is 5.70. The van der Waals surface area contributed by atoms with E-state index in [2.05, 4.69) is 0 Å². The average Bonchev–Trinajstić information content (AvgIpc) is 2.73. The van der Waals surface area contributed by atoms with Crippen LogP contribution in [0, 0.1) is 5.41 Å². The Bertz CT molecular complexity index is 793. The molecule has 5 heteroatoms. The smallest absolute Gasteiger partial charge is 0.310 e. The third kappa shape index (κ3) is 4.71. The Balaban J connectivity index is 1.55. The van der Waals surface area contributed by atoms with Crippen LogP contribution in [-0.4, -0.2) is 42.1 Å². The number of likely N-dealkylation sites (tertiary alicyclic amines) is 1. The number of piperidine rings is 1. The number of methoxy groups -OCH3 is 1. The minimum absolute atomic E-state index is 0.0921. The minimum Gasteiger partial charge on any atom is -0.497 e. The first kappa shape index (κ1) is 19.9. The molecule has 5 nitrogen and oxygen atoms in total. The van der Waals surface area contributed by atoms with Gasteiger partial charge in [-0.3, -0.25) is 9.59 Å². The molecule has 0 unspecified atom stereocenters. The van der Waals surface area contributed by atoms with Crippen molar-refractivity contribution in [2.24, 2.45) is 5.41 Å². The quantitative estimate of drug-likeness (QED) is 0.796. The van der Waals surface area contributed by atoms with Crippen LogP contribution in [0.5, 0.6) is 5.75 Å². The number of carboxylic acid groups (broad SMARTS) is 1. The second-order valence-electron chi connectivity index (χ2n) is 7.48. The molecule has 0 bridgehead atoms. The normalized spacial score (nSPS) is 15.8. The Hall–Kier alpha value is -2.82. The highest BCUT2D eigenvalue weighted by molar-refractivity contribution is 5.78. The highest BCUT2D eigenvalue weighted by atomic mass is 16.5. The van der Waals surface area contributed by atoms with Gasteiger partial charge in [0.15, 0.2) is 0 Å². The number of carbonyl (C=O) groups is 2. The van der Waals surface area contributed by atoms with Crippen molar-refractivity contribution < 1.29 is 19.4 Å². The van der Waals surface area contributed by atoms with Gasteiger partial charge in [-0.25, -0.2) is 0 Å². The van der Waals surface area contributed by atoms with Gasteiger partial charge in [0, 0.05) is 19.5 Å². The molecule has 0 radical (unpaired) electrons. The van der Waals surface area contributed by atoms with Gasteiger partial charge in [-0.1, -0.05) is 42.5 Å². The lowest BCUT2D eigenvalue weighted by atomic mass is 9.73. The van der Waals surface area contributed by atoms with Gasteiger partial charge in [-0.2, -0.15) is 0 Å². The Labute approximate surface area is 165 Å². The first-order valence-electron chi connectivity index (χ1n) is 9.70. The topological polar surface area (TPSA) is 66.8 Å². The second kappa shape index (κ2) is 8.91. The summed E-state index contributed by atoms with van der Waals surface area (Å²) >= 11 is 0. The lowest BCUT2D eigenvalue weighted by Crippen LogP contribution is -2.47. The number of ether oxygens (including phenoxy) is 1. The van der Waals surface area contributed by atoms with Gasteiger partial charge < -0.3 is 14.7 Å². The number of amides is 1. The van der Waals surface area contributed by atoms with Crippen LogP contribution in [0.25, 0.3) is 0 Å². The minimum atomic E-state index is -0.784. The average molecular weight is 381 g/mol. The lowest BCUT2D eigenvalue weighted by Gasteiger charge is -2.39. The summed E-state index contributed by atoms with van der Waals surface area (Å²) in [6.07, 6.45) is 2.60. The Morgan fingerprint density at radius 1 is 1.00 bits per heavy atom. The molecule has 0 spiro atoms. The van der Waals surface area contributed by atoms with E-state index in [0.717, 1.165) is 16.9 Å². The maximum absolute atomic E-state index is 12.6. The van der Waals surface area contributed by atoms with Crippen molar-refractivity contribution in [3.05, 3.63) is 65.7 Å². The number of carboxylic acids is 1. The second-order valence-corrected chi connectivity index (χ2v) is 7.48. The number of aliphatic carboxylic acids is 1. The van der Waals surface area contributed by atoms with E-state index in [-0.39, 0.29) is 5.91 Å². The number of aryl methyl sites for hydroxylation is 1. The van der Waals surface area contributed by atoms with E-state index in [9.17, 15) is 14.7 Å². The monoisotopic (exact) mass is 381 g/mol. The van der Waals surface area contributed by atoms with Crippen molar-refractivity contribution in [3.63, 3.8) is 0 Å². The van der Waals surface area contributed by atoms with E-state index >= 15 is 0 Å². The molecule has 0 aliphatic carbocycles. The van der Waals surface area contributed by atoms with Crippen LogP contribution in [0.2, 0.25) is 0 Å². The number of carbonyl (C=O) groups excluding carboxylic acids is 1. The summed E-state index contributed by atoms with van der Waals surface area (Å²) < 4.78 is 5.15. The molecule has 0 aromatic heterocycles. The van der Waals surface area contributed by atoms with Gasteiger partial charge in [-0.15, -0.1) is 0 Å². The summed E-state index contributed by atoms with van der Waals surface area (Å²) in [6.45, 7) is 1.00. The van der Waals surface area contributed by atoms with Crippen molar-refractivity contribution in [1.29, 1.82) is 0 Å². The SMILES string of the molecule is COc1ccc(CCC(=O)N2CCC(Cc3ccccc3)(C(=O)O)CC2)cc1. The molecule has 0 saturated carbocycles. The molecule has 1 aliphatic rings. The van der Waals surface area contributed by atoms with Gasteiger partial charge in [-0.05, 0) is 48.9 Å². The van der Waals surface area contributed by atoms with Crippen LogP contribution in [-0.2, 0) is 22.4 Å². The van der Waals surface area contributed by atoms with Gasteiger partial charge in [0.25, 0.3) is 0 Å². The van der Waals surface area contributed by atoms with Crippen molar-refractivity contribution in [2.45, 2.75) is 32.1 Å². The van der Waals surface area contributed by atoms with Crippen LogP contribution in [0.3, 0.4) is 0 Å². The van der Waals surface area contributed by atoms with Crippen molar-refractivity contribution in [1.82, 2.24) is 4.90 Å². The lowest BCUT2D eigenvalue weighted by molar-refractivity contribution is -0.154. The molecular weight excluding hydrogens is 354 g/mol.